The number of nitrogens with zero attached hydrogens (tertiary/aromatic N) is 3. The smallest absolute Gasteiger partial charge is 0.255 e. The molecule has 0 unspecified atom stereocenters. The van der Waals surface area contributed by atoms with Crippen LogP contribution in [0.15, 0.2) is 53.1 Å². The number of hydrogen-bond acceptors (Lipinski definition) is 4. The molecule has 32 heavy (non-hydrogen) atoms. The highest BCUT2D eigenvalue weighted by Crippen LogP contribution is 2.22. The van der Waals surface area contributed by atoms with Crippen molar-refractivity contribution in [3.63, 3.8) is 0 Å². The lowest BCUT2D eigenvalue weighted by Crippen LogP contribution is -2.50. The third-order valence-corrected chi connectivity index (χ3v) is 5.63. The Labute approximate surface area is 188 Å². The molecular weight excluding hydrogens is 440 g/mol. The second-order valence-corrected chi connectivity index (χ2v) is 7.83. The van der Waals surface area contributed by atoms with Gasteiger partial charge in [0.15, 0.2) is 11.7 Å². The summed E-state index contributed by atoms with van der Waals surface area (Å²) in [5.41, 5.74) is 0.951. The van der Waals surface area contributed by atoms with E-state index in [4.69, 9.17) is 16.0 Å². The zero-order valence-corrected chi connectivity index (χ0v) is 17.8. The van der Waals surface area contributed by atoms with Crippen LogP contribution in [0.2, 0.25) is 5.02 Å². The zero-order chi connectivity index (χ0) is 22.7. The molecule has 3 aromatic rings. The zero-order valence-electron chi connectivity index (χ0n) is 17.1. The van der Waals surface area contributed by atoms with Crippen molar-refractivity contribution in [3.05, 3.63) is 76.8 Å². The SMILES string of the molecule is O=C(CCc1ncc(-c2ccc(F)cc2)o1)N1CCN(C(=O)c2ccc(F)cc2Cl)CC1. The first-order chi connectivity index (χ1) is 15.4. The van der Waals surface area contributed by atoms with Crippen LogP contribution in [-0.2, 0) is 11.2 Å². The van der Waals surface area contributed by atoms with Crippen molar-refractivity contribution >= 4 is 23.4 Å². The minimum Gasteiger partial charge on any atom is -0.441 e. The van der Waals surface area contributed by atoms with Crippen molar-refractivity contribution < 1.29 is 22.8 Å². The molecular formula is C23H20ClF2N3O3. The number of carbonyl (C=O) groups is 2. The van der Waals surface area contributed by atoms with Crippen LogP contribution in [0.3, 0.4) is 0 Å². The fourth-order valence-electron chi connectivity index (χ4n) is 3.54. The quantitative estimate of drug-likeness (QED) is 0.574. The summed E-state index contributed by atoms with van der Waals surface area (Å²) in [7, 11) is 0. The second kappa shape index (κ2) is 9.48. The second-order valence-electron chi connectivity index (χ2n) is 7.42. The van der Waals surface area contributed by atoms with E-state index in [1.807, 2.05) is 0 Å². The van der Waals surface area contributed by atoms with Crippen molar-refractivity contribution in [1.82, 2.24) is 14.8 Å². The molecule has 0 aliphatic carbocycles. The molecule has 6 nitrogen and oxygen atoms in total. The lowest BCUT2D eigenvalue weighted by atomic mass is 10.1. The van der Waals surface area contributed by atoms with Crippen molar-refractivity contribution in [3.8, 4) is 11.3 Å². The largest absolute Gasteiger partial charge is 0.441 e. The Hall–Kier alpha value is -3.26. The molecule has 0 radical (unpaired) electrons. The highest BCUT2D eigenvalue weighted by molar-refractivity contribution is 6.33. The number of rotatable bonds is 5. The van der Waals surface area contributed by atoms with Gasteiger partial charge in [-0.25, -0.2) is 13.8 Å². The first kappa shape index (κ1) is 22.0. The monoisotopic (exact) mass is 459 g/mol. The lowest BCUT2D eigenvalue weighted by molar-refractivity contribution is -0.132. The summed E-state index contributed by atoms with van der Waals surface area (Å²) in [4.78, 5) is 32.7. The van der Waals surface area contributed by atoms with E-state index in [-0.39, 0.29) is 34.6 Å². The van der Waals surface area contributed by atoms with Gasteiger partial charge in [-0.3, -0.25) is 9.59 Å². The molecule has 1 aliphatic heterocycles. The van der Waals surface area contributed by atoms with E-state index < -0.39 is 5.82 Å². The van der Waals surface area contributed by atoms with Crippen LogP contribution in [0.5, 0.6) is 0 Å². The van der Waals surface area contributed by atoms with Gasteiger partial charge in [-0.1, -0.05) is 11.6 Å². The van der Waals surface area contributed by atoms with E-state index >= 15 is 0 Å². The highest BCUT2D eigenvalue weighted by Gasteiger charge is 2.26. The number of aromatic nitrogens is 1. The van der Waals surface area contributed by atoms with Gasteiger partial charge in [0.05, 0.1) is 16.8 Å². The molecule has 0 spiro atoms. The molecule has 4 rings (SSSR count). The van der Waals surface area contributed by atoms with Crippen LogP contribution in [-0.4, -0.2) is 52.8 Å². The summed E-state index contributed by atoms with van der Waals surface area (Å²) in [6.07, 6.45) is 2.11. The fourth-order valence-corrected chi connectivity index (χ4v) is 3.79. The third-order valence-electron chi connectivity index (χ3n) is 5.32. The van der Waals surface area contributed by atoms with E-state index in [1.165, 1.54) is 24.3 Å². The number of oxazole rings is 1. The van der Waals surface area contributed by atoms with Crippen LogP contribution < -0.4 is 0 Å². The molecule has 0 N–H and O–H groups in total. The van der Waals surface area contributed by atoms with E-state index in [1.54, 1.807) is 28.1 Å². The fraction of sp³-hybridized carbons (Fsp3) is 0.261. The standard InChI is InChI=1S/C23H20ClF2N3O3/c24-19-13-17(26)5-6-18(19)23(31)29-11-9-28(10-12-29)22(30)8-7-21-27-14-20(32-21)15-1-3-16(25)4-2-15/h1-6,13-14H,7-12H2. The molecule has 1 fully saturated rings. The van der Waals surface area contributed by atoms with Crippen LogP contribution in [0.25, 0.3) is 11.3 Å². The molecule has 0 bridgehead atoms. The molecule has 9 heteroatoms. The third kappa shape index (κ3) is 4.96. The van der Waals surface area contributed by atoms with Gasteiger partial charge in [0, 0.05) is 44.6 Å². The minimum absolute atomic E-state index is 0.0570. The molecule has 0 saturated carbocycles. The van der Waals surface area contributed by atoms with Crippen LogP contribution in [0.1, 0.15) is 22.7 Å². The Morgan fingerprint density at radius 3 is 2.31 bits per heavy atom. The van der Waals surface area contributed by atoms with Gasteiger partial charge < -0.3 is 14.2 Å². The van der Waals surface area contributed by atoms with E-state index in [2.05, 4.69) is 4.98 Å². The summed E-state index contributed by atoms with van der Waals surface area (Å²) in [6.45, 7) is 1.53. The number of carbonyl (C=O) groups excluding carboxylic acids is 2. The van der Waals surface area contributed by atoms with Gasteiger partial charge >= 0.3 is 0 Å². The first-order valence-electron chi connectivity index (χ1n) is 10.1. The minimum atomic E-state index is -0.502. The molecule has 1 saturated heterocycles. The molecule has 166 valence electrons. The van der Waals surface area contributed by atoms with Gasteiger partial charge in [0.25, 0.3) is 5.91 Å². The maximum absolute atomic E-state index is 13.2. The summed E-state index contributed by atoms with van der Waals surface area (Å²) in [5, 5.41) is 0.0689. The Morgan fingerprint density at radius 2 is 1.62 bits per heavy atom. The number of hydrogen-bond donors (Lipinski definition) is 0. The normalized spacial score (nSPS) is 14.0. The molecule has 0 atom stereocenters. The van der Waals surface area contributed by atoms with Gasteiger partial charge in [-0.15, -0.1) is 0 Å². The van der Waals surface area contributed by atoms with E-state index in [0.717, 1.165) is 6.07 Å². The number of benzene rings is 2. The van der Waals surface area contributed by atoms with Crippen LogP contribution in [0, 0.1) is 11.6 Å². The molecule has 2 heterocycles. The van der Waals surface area contributed by atoms with E-state index in [0.29, 0.717) is 49.8 Å². The van der Waals surface area contributed by atoms with Gasteiger partial charge in [-0.05, 0) is 42.5 Å². The highest BCUT2D eigenvalue weighted by atomic mass is 35.5. The average molecular weight is 460 g/mol. The summed E-state index contributed by atoms with van der Waals surface area (Å²) >= 11 is 5.99. The first-order valence-corrected chi connectivity index (χ1v) is 10.5. The molecule has 1 aliphatic rings. The van der Waals surface area contributed by atoms with Gasteiger partial charge in [0.1, 0.15) is 11.6 Å². The number of halogens is 3. The van der Waals surface area contributed by atoms with Crippen LogP contribution in [0.4, 0.5) is 8.78 Å². The summed E-state index contributed by atoms with van der Waals surface area (Å²) < 4.78 is 31.9. The number of amides is 2. The van der Waals surface area contributed by atoms with Crippen molar-refractivity contribution in [2.24, 2.45) is 0 Å². The Kier molecular flexibility index (Phi) is 6.50. The lowest BCUT2D eigenvalue weighted by Gasteiger charge is -2.35. The predicted octanol–water partition coefficient (Wildman–Crippen LogP) is 4.19. The molecule has 1 aromatic heterocycles. The van der Waals surface area contributed by atoms with E-state index in [9.17, 15) is 18.4 Å². The maximum atomic E-state index is 13.2. The van der Waals surface area contributed by atoms with Crippen molar-refractivity contribution in [1.29, 1.82) is 0 Å². The Balaban J connectivity index is 1.28. The maximum Gasteiger partial charge on any atom is 0.255 e. The Bertz CT molecular complexity index is 1130. The molecule has 2 aromatic carbocycles. The van der Waals surface area contributed by atoms with Crippen molar-refractivity contribution in [2.75, 3.05) is 26.2 Å². The molecule has 2 amide bonds. The Morgan fingerprint density at radius 1 is 0.969 bits per heavy atom. The van der Waals surface area contributed by atoms with Gasteiger partial charge in [-0.2, -0.15) is 0 Å². The number of piperazine rings is 1. The van der Waals surface area contributed by atoms with Crippen molar-refractivity contribution in [2.45, 2.75) is 12.8 Å². The summed E-state index contributed by atoms with van der Waals surface area (Å²) in [6, 6.07) is 9.57. The van der Waals surface area contributed by atoms with Crippen LogP contribution >= 0.6 is 11.6 Å². The van der Waals surface area contributed by atoms with Gasteiger partial charge in [0.2, 0.25) is 5.91 Å². The predicted molar refractivity (Wildman–Crippen MR) is 114 cm³/mol. The summed E-state index contributed by atoms with van der Waals surface area (Å²) in [5.74, 6) is -0.232. The topological polar surface area (TPSA) is 66.7 Å². The average Bonchev–Trinajstić information content (AvgIpc) is 3.27. The number of aryl methyl sites for hydroxylation is 1.